The maximum Gasteiger partial charge on any atom is 0.160 e. The smallest absolute Gasteiger partial charge is 0.160 e. The Morgan fingerprint density at radius 2 is 1.93 bits per heavy atom. The van der Waals surface area contributed by atoms with Gasteiger partial charge in [0.05, 0.1) is 13.2 Å². The number of phenolic OH excluding ortho intramolecular Hbond substituents is 1. The highest BCUT2D eigenvalue weighted by Crippen LogP contribution is 2.31. The number of rotatable bonds is 4. The molecular weight excluding hydrogens is 196 g/mol. The molecule has 1 aromatic carbocycles. The molecule has 2 N–H and O–H groups in total. The monoisotopic (exact) mass is 212 g/mol. The normalized spacial score (nSPS) is 14.7. The van der Waals surface area contributed by atoms with Crippen molar-refractivity contribution in [3.8, 4) is 11.5 Å². The lowest BCUT2D eigenvalue weighted by molar-refractivity contribution is -0.00360. The molecule has 0 bridgehead atoms. The Morgan fingerprint density at radius 1 is 1.27 bits per heavy atom. The van der Waals surface area contributed by atoms with Gasteiger partial charge in [-0.1, -0.05) is 6.07 Å². The Kier molecular flexibility index (Phi) is 3.94. The standard InChI is InChI=1S/C11H16O4/c1-7(12)11(15-3)8-4-5-9(13)10(6-8)14-2/h4-7,11-13H,1-3H3/t7-,11+/m1/s1. The molecule has 0 aromatic heterocycles. The Bertz CT molecular complexity index is 322. The van der Waals surface area contributed by atoms with Crippen LogP contribution in [-0.2, 0) is 4.74 Å². The molecule has 0 unspecified atom stereocenters. The van der Waals surface area contributed by atoms with E-state index in [4.69, 9.17) is 9.47 Å². The summed E-state index contributed by atoms with van der Waals surface area (Å²) in [5, 5.41) is 18.9. The van der Waals surface area contributed by atoms with Crippen LogP contribution in [0.5, 0.6) is 11.5 Å². The minimum Gasteiger partial charge on any atom is -0.504 e. The number of aliphatic hydroxyl groups excluding tert-OH is 1. The van der Waals surface area contributed by atoms with E-state index in [-0.39, 0.29) is 5.75 Å². The zero-order chi connectivity index (χ0) is 11.4. The number of phenols is 1. The fraction of sp³-hybridized carbons (Fsp3) is 0.455. The molecule has 0 aliphatic heterocycles. The van der Waals surface area contributed by atoms with E-state index in [9.17, 15) is 10.2 Å². The number of methoxy groups -OCH3 is 2. The van der Waals surface area contributed by atoms with Gasteiger partial charge in [0.2, 0.25) is 0 Å². The summed E-state index contributed by atoms with van der Waals surface area (Å²) in [6.45, 7) is 1.65. The average Bonchev–Trinajstić information content (AvgIpc) is 2.21. The Morgan fingerprint density at radius 3 is 2.40 bits per heavy atom. The minimum absolute atomic E-state index is 0.0710. The second-order valence-corrected chi connectivity index (χ2v) is 3.33. The fourth-order valence-corrected chi connectivity index (χ4v) is 1.48. The van der Waals surface area contributed by atoms with Crippen LogP contribution in [0.4, 0.5) is 0 Å². The van der Waals surface area contributed by atoms with Crippen molar-refractivity contribution in [3.63, 3.8) is 0 Å². The van der Waals surface area contributed by atoms with E-state index in [1.54, 1.807) is 19.1 Å². The van der Waals surface area contributed by atoms with Gasteiger partial charge >= 0.3 is 0 Å². The van der Waals surface area contributed by atoms with Crippen molar-refractivity contribution in [1.82, 2.24) is 0 Å². The van der Waals surface area contributed by atoms with Gasteiger partial charge in [-0.15, -0.1) is 0 Å². The van der Waals surface area contributed by atoms with Crippen LogP contribution in [-0.4, -0.2) is 30.5 Å². The van der Waals surface area contributed by atoms with E-state index in [0.29, 0.717) is 5.75 Å². The van der Waals surface area contributed by atoms with Crippen molar-refractivity contribution < 1.29 is 19.7 Å². The van der Waals surface area contributed by atoms with E-state index in [1.807, 2.05) is 0 Å². The summed E-state index contributed by atoms with van der Waals surface area (Å²) in [6.07, 6.45) is -1.04. The lowest BCUT2D eigenvalue weighted by Gasteiger charge is -2.19. The predicted octanol–water partition coefficient (Wildman–Crippen LogP) is 1.47. The summed E-state index contributed by atoms with van der Waals surface area (Å²) in [5.74, 6) is 0.442. The Labute approximate surface area is 89.1 Å². The highest BCUT2D eigenvalue weighted by atomic mass is 16.5. The van der Waals surface area contributed by atoms with Crippen molar-refractivity contribution in [2.24, 2.45) is 0 Å². The summed E-state index contributed by atoms with van der Waals surface area (Å²) in [7, 11) is 3.00. The molecule has 4 heteroatoms. The summed E-state index contributed by atoms with van der Waals surface area (Å²) >= 11 is 0. The van der Waals surface area contributed by atoms with Crippen LogP contribution >= 0.6 is 0 Å². The molecule has 2 atom stereocenters. The van der Waals surface area contributed by atoms with Crippen LogP contribution in [0.15, 0.2) is 18.2 Å². The van der Waals surface area contributed by atoms with Crippen molar-refractivity contribution in [1.29, 1.82) is 0 Å². The fourth-order valence-electron chi connectivity index (χ4n) is 1.48. The first kappa shape index (κ1) is 11.8. The minimum atomic E-state index is -0.621. The number of benzene rings is 1. The maximum absolute atomic E-state index is 9.47. The summed E-state index contributed by atoms with van der Waals surface area (Å²) in [6, 6.07) is 4.86. The quantitative estimate of drug-likeness (QED) is 0.793. The van der Waals surface area contributed by atoms with Crippen molar-refractivity contribution >= 4 is 0 Å². The van der Waals surface area contributed by atoms with Gasteiger partial charge in [0.15, 0.2) is 11.5 Å². The van der Waals surface area contributed by atoms with Gasteiger partial charge in [-0.2, -0.15) is 0 Å². The van der Waals surface area contributed by atoms with Gasteiger partial charge in [-0.05, 0) is 24.6 Å². The third kappa shape index (κ3) is 2.61. The van der Waals surface area contributed by atoms with Gasteiger partial charge in [-0.3, -0.25) is 0 Å². The summed E-state index contributed by atoms with van der Waals surface area (Å²) < 4.78 is 10.1. The molecule has 0 spiro atoms. The molecule has 0 heterocycles. The van der Waals surface area contributed by atoms with E-state index < -0.39 is 12.2 Å². The first-order valence-electron chi connectivity index (χ1n) is 4.68. The van der Waals surface area contributed by atoms with E-state index in [0.717, 1.165) is 5.56 Å². The van der Waals surface area contributed by atoms with Gasteiger partial charge < -0.3 is 19.7 Å². The highest BCUT2D eigenvalue weighted by molar-refractivity contribution is 5.42. The Balaban J connectivity index is 3.03. The third-order valence-corrected chi connectivity index (χ3v) is 2.22. The lowest BCUT2D eigenvalue weighted by Crippen LogP contribution is -2.16. The maximum atomic E-state index is 9.47. The van der Waals surface area contributed by atoms with Gasteiger partial charge in [0, 0.05) is 7.11 Å². The lowest BCUT2D eigenvalue weighted by atomic mass is 10.0. The molecule has 1 aromatic rings. The number of ether oxygens (including phenoxy) is 2. The van der Waals surface area contributed by atoms with Crippen LogP contribution < -0.4 is 4.74 Å². The number of hydrogen-bond acceptors (Lipinski definition) is 4. The highest BCUT2D eigenvalue weighted by Gasteiger charge is 2.17. The SMILES string of the molecule is COc1cc([C@@H](OC)[C@@H](C)O)ccc1O. The molecule has 0 aliphatic rings. The number of aromatic hydroxyl groups is 1. The van der Waals surface area contributed by atoms with Gasteiger partial charge in [0.25, 0.3) is 0 Å². The molecule has 0 aliphatic carbocycles. The molecule has 84 valence electrons. The molecule has 15 heavy (non-hydrogen) atoms. The molecular formula is C11H16O4. The number of aliphatic hydroxyl groups is 1. The molecule has 1 rings (SSSR count). The van der Waals surface area contributed by atoms with Crippen molar-refractivity contribution in [3.05, 3.63) is 23.8 Å². The van der Waals surface area contributed by atoms with Crippen molar-refractivity contribution in [2.75, 3.05) is 14.2 Å². The zero-order valence-corrected chi connectivity index (χ0v) is 9.10. The van der Waals surface area contributed by atoms with Crippen LogP contribution in [0.2, 0.25) is 0 Å². The third-order valence-electron chi connectivity index (χ3n) is 2.22. The van der Waals surface area contributed by atoms with Gasteiger partial charge in [0.1, 0.15) is 6.10 Å². The van der Waals surface area contributed by atoms with Gasteiger partial charge in [-0.25, -0.2) is 0 Å². The van der Waals surface area contributed by atoms with Crippen LogP contribution in [0.25, 0.3) is 0 Å². The first-order chi connectivity index (χ1) is 7.10. The van der Waals surface area contributed by atoms with E-state index in [2.05, 4.69) is 0 Å². The Hall–Kier alpha value is -1.26. The second-order valence-electron chi connectivity index (χ2n) is 3.33. The van der Waals surface area contributed by atoms with Crippen LogP contribution in [0.1, 0.15) is 18.6 Å². The van der Waals surface area contributed by atoms with Crippen LogP contribution in [0, 0.1) is 0 Å². The first-order valence-corrected chi connectivity index (χ1v) is 4.68. The van der Waals surface area contributed by atoms with Crippen molar-refractivity contribution in [2.45, 2.75) is 19.1 Å². The molecule has 4 nitrogen and oxygen atoms in total. The molecule has 0 radical (unpaired) electrons. The molecule has 0 fully saturated rings. The molecule has 0 saturated carbocycles. The average molecular weight is 212 g/mol. The predicted molar refractivity (Wildman–Crippen MR) is 56.1 cm³/mol. The zero-order valence-electron chi connectivity index (χ0n) is 9.10. The summed E-state index contributed by atoms with van der Waals surface area (Å²) in [4.78, 5) is 0. The van der Waals surface area contributed by atoms with Crippen LogP contribution in [0.3, 0.4) is 0 Å². The summed E-state index contributed by atoms with van der Waals surface area (Å²) in [5.41, 5.74) is 0.766. The van der Waals surface area contributed by atoms with E-state index >= 15 is 0 Å². The molecule has 0 saturated heterocycles. The molecule has 0 amide bonds. The largest absolute Gasteiger partial charge is 0.504 e. The van der Waals surface area contributed by atoms with E-state index in [1.165, 1.54) is 20.3 Å². The number of hydrogen-bond donors (Lipinski definition) is 2. The second kappa shape index (κ2) is 5.00. The topological polar surface area (TPSA) is 58.9 Å².